The maximum Gasteiger partial charge on any atom is 0.262 e. The third-order valence-electron chi connectivity index (χ3n) is 4.24. The minimum Gasteiger partial charge on any atom is -0.482 e. The van der Waals surface area contributed by atoms with Crippen molar-refractivity contribution in [1.29, 1.82) is 0 Å². The van der Waals surface area contributed by atoms with Crippen molar-refractivity contribution in [2.24, 2.45) is 0 Å². The second-order valence-electron chi connectivity index (χ2n) is 6.54. The number of nitrogens with one attached hydrogen (secondary N) is 2. The Balaban J connectivity index is 1.55. The summed E-state index contributed by atoms with van der Waals surface area (Å²) in [6, 6.07) is 15.9. The van der Waals surface area contributed by atoms with Gasteiger partial charge < -0.3 is 15.4 Å². The van der Waals surface area contributed by atoms with Gasteiger partial charge in [-0.2, -0.15) is 0 Å². The van der Waals surface area contributed by atoms with E-state index in [9.17, 15) is 4.79 Å². The van der Waals surface area contributed by atoms with Crippen LogP contribution in [0, 0.1) is 6.92 Å². The molecule has 0 aliphatic carbocycles. The zero-order valence-electron chi connectivity index (χ0n) is 15.9. The summed E-state index contributed by atoms with van der Waals surface area (Å²) < 4.78 is 5.54. The third kappa shape index (κ3) is 6.19. The summed E-state index contributed by atoms with van der Waals surface area (Å²) >= 11 is 24.2. The van der Waals surface area contributed by atoms with E-state index in [1.54, 1.807) is 30.3 Å². The fourth-order valence-corrected chi connectivity index (χ4v) is 3.40. The zero-order chi connectivity index (χ0) is 21.7. The molecule has 0 aliphatic rings. The Hall–Kier alpha value is -2.11. The summed E-state index contributed by atoms with van der Waals surface area (Å²) in [4.78, 5) is 12.1. The quantitative estimate of drug-likeness (QED) is 0.372. The summed E-state index contributed by atoms with van der Waals surface area (Å²) in [5.74, 6) is 0.0790. The van der Waals surface area contributed by atoms with Crippen molar-refractivity contribution < 1.29 is 9.53 Å². The van der Waals surface area contributed by atoms with Gasteiger partial charge in [0.2, 0.25) is 0 Å². The Morgan fingerprint density at radius 2 is 1.70 bits per heavy atom. The van der Waals surface area contributed by atoms with Gasteiger partial charge in [0.05, 0.1) is 15.1 Å². The lowest BCUT2D eigenvalue weighted by Gasteiger charge is -2.12. The number of amides is 1. The number of carbonyl (C=O) groups is 1. The highest BCUT2D eigenvalue weighted by Gasteiger charge is 2.09. The molecule has 0 atom stereocenters. The Labute approximate surface area is 195 Å². The van der Waals surface area contributed by atoms with Crippen LogP contribution in [-0.2, 0) is 11.3 Å². The molecule has 0 aliphatic heterocycles. The van der Waals surface area contributed by atoms with Gasteiger partial charge in [-0.25, -0.2) is 0 Å². The van der Waals surface area contributed by atoms with Crippen LogP contribution < -0.4 is 15.4 Å². The molecule has 2 N–H and O–H groups in total. The van der Waals surface area contributed by atoms with E-state index in [2.05, 4.69) is 10.6 Å². The van der Waals surface area contributed by atoms with Gasteiger partial charge in [-0.3, -0.25) is 4.79 Å². The van der Waals surface area contributed by atoms with Crippen molar-refractivity contribution >= 4 is 63.7 Å². The lowest BCUT2D eigenvalue weighted by Crippen LogP contribution is -2.20. The van der Waals surface area contributed by atoms with Crippen LogP contribution in [0.2, 0.25) is 20.1 Å². The zero-order valence-corrected chi connectivity index (χ0v) is 19.0. The van der Waals surface area contributed by atoms with Crippen LogP contribution in [0.3, 0.4) is 0 Å². The SMILES string of the molecule is Cc1ccc(Cl)cc1NCc1ccc(OCC(=O)Nc2ccc(Cl)c(Cl)c2)c(Cl)c1. The fraction of sp³-hybridized carbons (Fsp3) is 0.136. The molecule has 3 aromatic rings. The number of halogens is 4. The standard InChI is InChI=1S/C22H18Cl4N2O2/c1-13-2-4-15(23)9-20(13)27-11-14-3-7-21(19(26)8-14)30-12-22(29)28-16-5-6-17(24)18(25)10-16/h2-10,27H,11-12H2,1H3,(H,28,29). The molecule has 0 unspecified atom stereocenters. The van der Waals surface area contributed by atoms with E-state index in [1.165, 1.54) is 0 Å². The van der Waals surface area contributed by atoms with E-state index >= 15 is 0 Å². The van der Waals surface area contributed by atoms with E-state index in [0.29, 0.717) is 38.1 Å². The Kier molecular flexibility index (Phi) is 7.73. The average molecular weight is 484 g/mol. The highest BCUT2D eigenvalue weighted by atomic mass is 35.5. The van der Waals surface area contributed by atoms with Crippen LogP contribution >= 0.6 is 46.4 Å². The Bertz CT molecular complexity index is 1070. The molecule has 30 heavy (non-hydrogen) atoms. The van der Waals surface area contributed by atoms with Crippen molar-refractivity contribution in [1.82, 2.24) is 0 Å². The molecular formula is C22H18Cl4N2O2. The van der Waals surface area contributed by atoms with Gasteiger partial charge in [0.15, 0.2) is 6.61 Å². The molecule has 156 valence electrons. The van der Waals surface area contributed by atoms with Gasteiger partial charge in [0.25, 0.3) is 5.91 Å². The van der Waals surface area contributed by atoms with E-state index < -0.39 is 0 Å². The molecule has 0 saturated carbocycles. The monoisotopic (exact) mass is 482 g/mol. The topological polar surface area (TPSA) is 50.4 Å². The molecule has 0 saturated heterocycles. The highest BCUT2D eigenvalue weighted by Crippen LogP contribution is 2.27. The van der Waals surface area contributed by atoms with Crippen molar-refractivity contribution in [2.45, 2.75) is 13.5 Å². The number of benzene rings is 3. The van der Waals surface area contributed by atoms with E-state index in [4.69, 9.17) is 51.1 Å². The fourth-order valence-electron chi connectivity index (χ4n) is 2.67. The lowest BCUT2D eigenvalue weighted by molar-refractivity contribution is -0.118. The maximum absolute atomic E-state index is 12.1. The van der Waals surface area contributed by atoms with Gasteiger partial charge in [-0.15, -0.1) is 0 Å². The normalized spacial score (nSPS) is 10.6. The molecule has 3 aromatic carbocycles. The summed E-state index contributed by atoms with van der Waals surface area (Å²) in [6.45, 7) is 2.38. The Morgan fingerprint density at radius 3 is 2.43 bits per heavy atom. The van der Waals surface area contributed by atoms with Crippen LogP contribution in [-0.4, -0.2) is 12.5 Å². The number of rotatable bonds is 7. The number of carbonyl (C=O) groups excluding carboxylic acids is 1. The van der Waals surface area contributed by atoms with Gasteiger partial charge in [-0.1, -0.05) is 58.5 Å². The molecule has 4 nitrogen and oxygen atoms in total. The van der Waals surface area contributed by atoms with Crippen LogP contribution in [0.25, 0.3) is 0 Å². The maximum atomic E-state index is 12.1. The average Bonchev–Trinajstić information content (AvgIpc) is 2.70. The first kappa shape index (κ1) is 22.6. The molecule has 1 amide bonds. The van der Waals surface area contributed by atoms with E-state index in [1.807, 2.05) is 31.2 Å². The predicted molar refractivity (Wildman–Crippen MR) is 126 cm³/mol. The minimum absolute atomic E-state index is 0.195. The molecule has 0 aromatic heterocycles. The molecule has 0 heterocycles. The first-order valence-electron chi connectivity index (χ1n) is 8.98. The van der Waals surface area contributed by atoms with Crippen LogP contribution in [0.15, 0.2) is 54.6 Å². The largest absolute Gasteiger partial charge is 0.482 e. The van der Waals surface area contributed by atoms with E-state index in [-0.39, 0.29) is 12.5 Å². The second-order valence-corrected chi connectivity index (χ2v) is 8.20. The predicted octanol–water partition coefficient (Wildman–Crippen LogP) is 7.24. The summed E-state index contributed by atoms with van der Waals surface area (Å²) in [5, 5.41) is 7.88. The van der Waals surface area contributed by atoms with Crippen molar-refractivity contribution in [3.05, 3.63) is 85.8 Å². The first-order valence-corrected chi connectivity index (χ1v) is 10.5. The van der Waals surface area contributed by atoms with Crippen molar-refractivity contribution in [2.75, 3.05) is 17.2 Å². The summed E-state index contributed by atoms with van der Waals surface area (Å²) in [7, 11) is 0. The van der Waals surface area contributed by atoms with Gasteiger partial charge in [0, 0.05) is 22.9 Å². The number of anilines is 2. The lowest BCUT2D eigenvalue weighted by atomic mass is 10.1. The van der Waals surface area contributed by atoms with Gasteiger partial charge in [-0.05, 0) is 60.5 Å². The molecule has 0 bridgehead atoms. The number of ether oxygens (including phenoxy) is 1. The summed E-state index contributed by atoms with van der Waals surface area (Å²) in [5.41, 5.74) is 3.55. The van der Waals surface area contributed by atoms with Gasteiger partial charge in [0.1, 0.15) is 5.75 Å². The molecular weight excluding hydrogens is 466 g/mol. The van der Waals surface area contributed by atoms with Crippen LogP contribution in [0.4, 0.5) is 11.4 Å². The molecule has 0 radical (unpaired) electrons. The van der Waals surface area contributed by atoms with Gasteiger partial charge >= 0.3 is 0 Å². The summed E-state index contributed by atoms with van der Waals surface area (Å²) in [6.07, 6.45) is 0. The molecule has 3 rings (SSSR count). The van der Waals surface area contributed by atoms with Crippen molar-refractivity contribution in [3.8, 4) is 5.75 Å². The van der Waals surface area contributed by atoms with Crippen molar-refractivity contribution in [3.63, 3.8) is 0 Å². The number of hydrogen-bond acceptors (Lipinski definition) is 3. The first-order chi connectivity index (χ1) is 14.3. The van der Waals surface area contributed by atoms with Crippen LogP contribution in [0.5, 0.6) is 5.75 Å². The van der Waals surface area contributed by atoms with Crippen LogP contribution in [0.1, 0.15) is 11.1 Å². The molecule has 0 fully saturated rings. The highest BCUT2D eigenvalue weighted by molar-refractivity contribution is 6.42. The number of aryl methyl sites for hydroxylation is 1. The molecule has 8 heteroatoms. The number of hydrogen-bond donors (Lipinski definition) is 2. The molecule has 0 spiro atoms. The minimum atomic E-state index is -0.341. The van der Waals surface area contributed by atoms with E-state index in [0.717, 1.165) is 16.8 Å². The third-order valence-corrected chi connectivity index (χ3v) is 5.51. The smallest absolute Gasteiger partial charge is 0.262 e. The second kappa shape index (κ2) is 10.3. The Morgan fingerprint density at radius 1 is 0.900 bits per heavy atom.